The van der Waals surface area contributed by atoms with Crippen LogP contribution in [0.1, 0.15) is 43.7 Å². The minimum Gasteiger partial charge on any atom is -0.387 e. The van der Waals surface area contributed by atoms with E-state index in [2.05, 4.69) is 22.4 Å². The largest absolute Gasteiger partial charge is 0.387 e. The van der Waals surface area contributed by atoms with Crippen molar-refractivity contribution in [3.8, 4) is 11.3 Å². The lowest BCUT2D eigenvalue weighted by Crippen LogP contribution is -2.64. The molecule has 1 spiro atoms. The highest BCUT2D eigenvalue weighted by molar-refractivity contribution is 5.75. The zero-order valence-corrected chi connectivity index (χ0v) is 22.6. The number of aromatic nitrogens is 2. The average molecular weight is 546 g/mol. The molecule has 6 rings (SSSR count). The van der Waals surface area contributed by atoms with Gasteiger partial charge in [0, 0.05) is 49.8 Å². The predicted molar refractivity (Wildman–Crippen MR) is 150 cm³/mol. The van der Waals surface area contributed by atoms with Gasteiger partial charge in [-0.2, -0.15) is 0 Å². The Bertz CT molecular complexity index is 1420. The van der Waals surface area contributed by atoms with Gasteiger partial charge in [0.25, 0.3) is 5.56 Å². The van der Waals surface area contributed by atoms with Gasteiger partial charge in [-0.05, 0) is 37.0 Å². The summed E-state index contributed by atoms with van der Waals surface area (Å²) in [6.45, 7) is 3.10. The molecule has 8 nitrogen and oxygen atoms in total. The Labute approximate surface area is 233 Å². The highest BCUT2D eigenvalue weighted by Gasteiger charge is 2.56. The first-order chi connectivity index (χ1) is 19.4. The summed E-state index contributed by atoms with van der Waals surface area (Å²) in [7, 11) is 0. The number of nitrogens with one attached hydrogen (secondary N) is 1. The van der Waals surface area contributed by atoms with E-state index in [4.69, 9.17) is 0 Å². The van der Waals surface area contributed by atoms with Gasteiger partial charge in [-0.3, -0.25) is 9.36 Å². The van der Waals surface area contributed by atoms with E-state index in [9.17, 15) is 19.1 Å². The van der Waals surface area contributed by atoms with Gasteiger partial charge in [-0.15, -0.1) is 0 Å². The molecule has 2 atom stereocenters. The molecule has 9 heteroatoms. The second-order valence-corrected chi connectivity index (χ2v) is 11.5. The Balaban J connectivity index is 1.22. The number of benzene rings is 2. The number of carbonyl (C=O) groups is 1. The molecule has 2 amide bonds. The Morgan fingerprint density at radius 1 is 1.05 bits per heavy atom. The number of piperidine rings is 1. The molecule has 2 saturated heterocycles. The monoisotopic (exact) mass is 545 g/mol. The van der Waals surface area contributed by atoms with Crippen LogP contribution in [0, 0.1) is 11.2 Å². The van der Waals surface area contributed by atoms with Gasteiger partial charge in [0.2, 0.25) is 0 Å². The van der Waals surface area contributed by atoms with Gasteiger partial charge in [-0.1, -0.05) is 55.3 Å². The molecule has 40 heavy (non-hydrogen) atoms. The predicted octanol–water partition coefficient (Wildman–Crippen LogP) is 3.81. The van der Waals surface area contributed by atoms with Gasteiger partial charge < -0.3 is 20.2 Å². The molecule has 2 aliphatic heterocycles. The van der Waals surface area contributed by atoms with E-state index in [0.29, 0.717) is 43.9 Å². The molecule has 3 aromatic rings. The van der Waals surface area contributed by atoms with Crippen molar-refractivity contribution in [2.75, 3.05) is 32.7 Å². The van der Waals surface area contributed by atoms with Crippen LogP contribution < -0.4 is 10.9 Å². The Kier molecular flexibility index (Phi) is 7.18. The lowest BCUT2D eigenvalue weighted by Gasteiger charge is -2.53. The Morgan fingerprint density at radius 2 is 1.85 bits per heavy atom. The normalized spacial score (nSPS) is 24.4. The summed E-state index contributed by atoms with van der Waals surface area (Å²) in [5.41, 5.74) is 0.116. The average Bonchev–Trinajstić information content (AvgIpc) is 3.46. The standard InChI is InChI=1S/C31H36FN5O3/c32-25-10-6-9-24(17-25)26-18-28(38)36(22-34-26)21-31(40)13-15-35(20-30(31)11-4-5-12-30)29(39)37-16-14-33-19-27(37)23-7-2-1-3-8-23/h1-3,6-10,17-18,22,27,33,40H,4-5,11-16,19-21H2/t27-,31+/m0/s1. The van der Waals surface area contributed by atoms with Crippen molar-refractivity contribution in [3.63, 3.8) is 0 Å². The smallest absolute Gasteiger partial charge is 0.320 e. The van der Waals surface area contributed by atoms with Crippen LogP contribution in [0.5, 0.6) is 0 Å². The Hall–Kier alpha value is -3.56. The van der Waals surface area contributed by atoms with Gasteiger partial charge in [0.15, 0.2) is 0 Å². The van der Waals surface area contributed by atoms with Crippen molar-refractivity contribution in [1.82, 2.24) is 24.7 Å². The molecule has 2 aromatic carbocycles. The summed E-state index contributed by atoms with van der Waals surface area (Å²) in [4.78, 5) is 35.4. The van der Waals surface area contributed by atoms with Crippen LogP contribution >= 0.6 is 0 Å². The number of likely N-dealkylation sites (tertiary alicyclic amines) is 1. The lowest BCUT2D eigenvalue weighted by molar-refractivity contribution is -0.137. The van der Waals surface area contributed by atoms with Gasteiger partial charge >= 0.3 is 6.03 Å². The van der Waals surface area contributed by atoms with Crippen LogP contribution in [-0.2, 0) is 6.54 Å². The number of piperazine rings is 1. The van der Waals surface area contributed by atoms with E-state index in [0.717, 1.165) is 37.8 Å². The molecular formula is C31H36FN5O3. The fourth-order valence-corrected chi connectivity index (χ4v) is 6.98. The highest BCUT2D eigenvalue weighted by atomic mass is 19.1. The maximum Gasteiger partial charge on any atom is 0.320 e. The lowest BCUT2D eigenvalue weighted by atomic mass is 9.66. The van der Waals surface area contributed by atoms with Crippen LogP contribution in [0.3, 0.4) is 0 Å². The summed E-state index contributed by atoms with van der Waals surface area (Å²) in [6.07, 6.45) is 5.42. The first-order valence-corrected chi connectivity index (χ1v) is 14.2. The van der Waals surface area contributed by atoms with E-state index in [-0.39, 0.29) is 24.2 Å². The number of nitrogens with zero attached hydrogens (tertiary/aromatic N) is 4. The summed E-state index contributed by atoms with van der Waals surface area (Å²) >= 11 is 0. The molecule has 3 heterocycles. The van der Waals surface area contributed by atoms with Crippen molar-refractivity contribution in [2.24, 2.45) is 5.41 Å². The molecule has 0 unspecified atom stereocenters. The van der Waals surface area contributed by atoms with Crippen LogP contribution in [0.2, 0.25) is 0 Å². The van der Waals surface area contributed by atoms with E-state index in [1.54, 1.807) is 12.1 Å². The topological polar surface area (TPSA) is 90.7 Å². The zero-order valence-electron chi connectivity index (χ0n) is 22.6. The molecule has 0 radical (unpaired) electrons. The molecule has 0 bridgehead atoms. The molecule has 3 fully saturated rings. The second-order valence-electron chi connectivity index (χ2n) is 11.5. The van der Waals surface area contributed by atoms with Crippen LogP contribution in [-0.4, -0.2) is 68.8 Å². The number of amides is 2. The fraction of sp³-hybridized carbons (Fsp3) is 0.452. The Morgan fingerprint density at radius 3 is 2.60 bits per heavy atom. The highest BCUT2D eigenvalue weighted by Crippen LogP contribution is 2.51. The van der Waals surface area contributed by atoms with Crippen molar-refractivity contribution in [3.05, 3.63) is 88.7 Å². The van der Waals surface area contributed by atoms with Crippen molar-refractivity contribution >= 4 is 6.03 Å². The summed E-state index contributed by atoms with van der Waals surface area (Å²) < 4.78 is 15.2. The van der Waals surface area contributed by atoms with E-state index in [1.807, 2.05) is 28.0 Å². The first kappa shape index (κ1) is 26.7. The van der Waals surface area contributed by atoms with E-state index in [1.165, 1.54) is 29.1 Å². The van der Waals surface area contributed by atoms with Crippen LogP contribution in [0.4, 0.5) is 9.18 Å². The minimum absolute atomic E-state index is 0.0157. The SMILES string of the molecule is O=C(N1CC[C@@](O)(Cn2cnc(-c3cccc(F)c3)cc2=O)C2(CCCC2)C1)N1CCNC[C@H]1c1ccccc1. The molecule has 210 valence electrons. The first-order valence-electron chi connectivity index (χ1n) is 14.2. The van der Waals surface area contributed by atoms with Crippen molar-refractivity contribution < 1.29 is 14.3 Å². The molecule has 2 N–H and O–H groups in total. The third-order valence-corrected chi connectivity index (χ3v) is 9.21. The number of rotatable bonds is 4. The van der Waals surface area contributed by atoms with Crippen molar-refractivity contribution in [2.45, 2.75) is 50.3 Å². The van der Waals surface area contributed by atoms with Crippen molar-refractivity contribution in [1.29, 1.82) is 0 Å². The quantitative estimate of drug-likeness (QED) is 0.521. The van der Waals surface area contributed by atoms with Gasteiger partial charge in [-0.25, -0.2) is 14.2 Å². The third kappa shape index (κ3) is 4.92. The fourth-order valence-electron chi connectivity index (χ4n) is 6.98. The molecular weight excluding hydrogens is 509 g/mol. The van der Waals surface area contributed by atoms with Crippen LogP contribution in [0.25, 0.3) is 11.3 Å². The van der Waals surface area contributed by atoms with Crippen LogP contribution in [0.15, 0.2) is 71.8 Å². The number of aliphatic hydroxyl groups is 1. The molecule has 1 saturated carbocycles. The number of hydrogen-bond donors (Lipinski definition) is 2. The second kappa shape index (κ2) is 10.8. The summed E-state index contributed by atoms with van der Waals surface area (Å²) in [6, 6.07) is 17.5. The number of carbonyl (C=O) groups excluding carboxylic acids is 1. The van der Waals surface area contributed by atoms with Gasteiger partial charge in [0.1, 0.15) is 5.82 Å². The number of urea groups is 1. The molecule has 1 aromatic heterocycles. The maximum absolute atomic E-state index is 13.9. The summed E-state index contributed by atoms with van der Waals surface area (Å²) in [5, 5.41) is 15.6. The zero-order chi connectivity index (χ0) is 27.7. The van der Waals surface area contributed by atoms with Gasteiger partial charge in [0.05, 0.1) is 30.2 Å². The number of halogens is 1. The van der Waals surface area contributed by atoms with E-state index >= 15 is 0 Å². The minimum atomic E-state index is -1.14. The molecule has 1 aliphatic carbocycles. The third-order valence-electron chi connectivity index (χ3n) is 9.21. The maximum atomic E-state index is 13.9. The summed E-state index contributed by atoms with van der Waals surface area (Å²) in [5.74, 6) is -0.391. The number of hydrogen-bond acceptors (Lipinski definition) is 5. The molecule has 3 aliphatic rings. The van der Waals surface area contributed by atoms with E-state index < -0.39 is 16.8 Å².